The molecule has 3 aromatic rings. The van der Waals surface area contributed by atoms with Crippen LogP contribution in [0.4, 0.5) is 0 Å². The number of halogens is 1. The molecule has 6 heteroatoms. The second kappa shape index (κ2) is 7.23. The summed E-state index contributed by atoms with van der Waals surface area (Å²) in [4.78, 5) is 32.9. The monoisotopic (exact) mass is 407 g/mol. The highest BCUT2D eigenvalue weighted by Gasteiger charge is 2.37. The number of aromatic nitrogens is 1. The number of para-hydroxylation sites is 1. The molecule has 1 saturated heterocycles. The van der Waals surface area contributed by atoms with Gasteiger partial charge in [-0.2, -0.15) is 0 Å². The topological polar surface area (TPSA) is 56.4 Å². The smallest absolute Gasteiger partial charge is 0.228 e. The molecule has 0 spiro atoms. The van der Waals surface area contributed by atoms with Crippen LogP contribution in [0.5, 0.6) is 0 Å². The first-order valence-electron chi connectivity index (χ1n) is 9.98. The van der Waals surface area contributed by atoms with Crippen LogP contribution in [0.2, 0.25) is 5.02 Å². The largest absolute Gasteiger partial charge is 0.358 e. The number of carbonyl (C=O) groups is 2. The van der Waals surface area contributed by atoms with Gasteiger partial charge in [0.05, 0.1) is 5.92 Å². The SMILES string of the molecule is O=C1C[C@@H](C(=O)N2CCc3[nH]c4ccccc4c3C2)CN1Cc1ccccc1Cl. The lowest BCUT2D eigenvalue weighted by Gasteiger charge is -2.29. The summed E-state index contributed by atoms with van der Waals surface area (Å²) >= 11 is 6.24. The second-order valence-corrected chi connectivity index (χ2v) is 8.31. The fraction of sp³-hybridized carbons (Fsp3) is 0.304. The Morgan fingerprint density at radius 2 is 1.93 bits per heavy atom. The van der Waals surface area contributed by atoms with Gasteiger partial charge in [-0.25, -0.2) is 0 Å². The van der Waals surface area contributed by atoms with Crippen molar-refractivity contribution in [1.82, 2.24) is 14.8 Å². The molecule has 5 nitrogen and oxygen atoms in total. The van der Waals surface area contributed by atoms with Crippen LogP contribution in [0.25, 0.3) is 10.9 Å². The van der Waals surface area contributed by atoms with Crippen molar-refractivity contribution in [2.75, 3.05) is 13.1 Å². The molecule has 0 aliphatic carbocycles. The van der Waals surface area contributed by atoms with Gasteiger partial charge < -0.3 is 14.8 Å². The quantitative estimate of drug-likeness (QED) is 0.718. The van der Waals surface area contributed by atoms with Crippen molar-refractivity contribution in [3.8, 4) is 0 Å². The fourth-order valence-electron chi connectivity index (χ4n) is 4.54. The normalized spacial score (nSPS) is 19.1. The van der Waals surface area contributed by atoms with Gasteiger partial charge >= 0.3 is 0 Å². The van der Waals surface area contributed by atoms with Gasteiger partial charge in [0.2, 0.25) is 11.8 Å². The third-order valence-electron chi connectivity index (χ3n) is 6.08. The van der Waals surface area contributed by atoms with Gasteiger partial charge in [0.25, 0.3) is 0 Å². The van der Waals surface area contributed by atoms with Crippen LogP contribution in [0.15, 0.2) is 48.5 Å². The number of carbonyl (C=O) groups excluding carboxylic acids is 2. The van der Waals surface area contributed by atoms with Crippen LogP contribution in [-0.4, -0.2) is 39.7 Å². The Morgan fingerprint density at radius 1 is 1.14 bits per heavy atom. The molecule has 0 saturated carbocycles. The number of H-pyrrole nitrogens is 1. The Bertz CT molecular complexity index is 1110. The first kappa shape index (κ1) is 18.3. The average Bonchev–Trinajstić information content (AvgIpc) is 3.29. The minimum atomic E-state index is -0.281. The number of hydrogen-bond acceptors (Lipinski definition) is 2. The predicted octanol–water partition coefficient (Wildman–Crippen LogP) is 3.75. The zero-order chi connectivity index (χ0) is 20.0. The van der Waals surface area contributed by atoms with E-state index in [-0.39, 0.29) is 24.2 Å². The molecule has 2 aromatic carbocycles. The van der Waals surface area contributed by atoms with Gasteiger partial charge in [0, 0.05) is 66.2 Å². The van der Waals surface area contributed by atoms with Crippen molar-refractivity contribution >= 4 is 34.3 Å². The molecule has 1 atom stereocenters. The van der Waals surface area contributed by atoms with Crippen LogP contribution in [0.1, 0.15) is 23.2 Å². The third-order valence-corrected chi connectivity index (χ3v) is 6.45. The van der Waals surface area contributed by atoms with Crippen molar-refractivity contribution in [2.24, 2.45) is 5.92 Å². The predicted molar refractivity (Wildman–Crippen MR) is 112 cm³/mol. The Hall–Kier alpha value is -2.79. The molecular weight excluding hydrogens is 386 g/mol. The first-order chi connectivity index (χ1) is 14.1. The lowest BCUT2D eigenvalue weighted by molar-refractivity contribution is -0.136. The molecule has 2 amide bonds. The van der Waals surface area contributed by atoms with Crippen LogP contribution in [-0.2, 0) is 29.1 Å². The van der Waals surface area contributed by atoms with Crippen LogP contribution >= 0.6 is 11.6 Å². The van der Waals surface area contributed by atoms with Crippen molar-refractivity contribution < 1.29 is 9.59 Å². The van der Waals surface area contributed by atoms with E-state index >= 15 is 0 Å². The van der Waals surface area contributed by atoms with Crippen LogP contribution in [0, 0.1) is 5.92 Å². The summed E-state index contributed by atoms with van der Waals surface area (Å²) in [6.07, 6.45) is 1.10. The van der Waals surface area contributed by atoms with Gasteiger partial charge in [0.15, 0.2) is 0 Å². The summed E-state index contributed by atoms with van der Waals surface area (Å²) in [5.74, 6) is -0.180. The van der Waals surface area contributed by atoms with E-state index < -0.39 is 0 Å². The van der Waals surface area contributed by atoms with E-state index in [9.17, 15) is 9.59 Å². The number of nitrogens with one attached hydrogen (secondary N) is 1. The van der Waals surface area contributed by atoms with E-state index in [0.717, 1.165) is 17.5 Å². The van der Waals surface area contributed by atoms with E-state index in [4.69, 9.17) is 11.6 Å². The molecule has 0 unspecified atom stereocenters. The lowest BCUT2D eigenvalue weighted by atomic mass is 10.0. The summed E-state index contributed by atoms with van der Waals surface area (Å²) in [5, 5.41) is 1.83. The molecular formula is C23H22ClN3O2. The van der Waals surface area contributed by atoms with E-state index in [1.165, 1.54) is 16.6 Å². The first-order valence-corrected chi connectivity index (χ1v) is 10.4. The number of fused-ring (bicyclic) bond motifs is 3. The van der Waals surface area contributed by atoms with Crippen molar-refractivity contribution in [1.29, 1.82) is 0 Å². The van der Waals surface area contributed by atoms with Gasteiger partial charge in [-0.1, -0.05) is 48.0 Å². The number of nitrogens with zero attached hydrogens (tertiary/aromatic N) is 2. The minimum Gasteiger partial charge on any atom is -0.358 e. The highest BCUT2D eigenvalue weighted by Crippen LogP contribution is 2.30. The molecule has 0 bridgehead atoms. The number of aromatic amines is 1. The molecule has 1 aromatic heterocycles. The molecule has 29 heavy (non-hydrogen) atoms. The van der Waals surface area contributed by atoms with Gasteiger partial charge in [-0.15, -0.1) is 0 Å². The number of hydrogen-bond donors (Lipinski definition) is 1. The average molecular weight is 408 g/mol. The van der Waals surface area contributed by atoms with E-state index in [2.05, 4.69) is 17.1 Å². The number of rotatable bonds is 3. The Kier molecular flexibility index (Phi) is 4.55. The Balaban J connectivity index is 1.30. The van der Waals surface area contributed by atoms with E-state index in [0.29, 0.717) is 31.2 Å². The number of benzene rings is 2. The summed E-state index contributed by atoms with van der Waals surface area (Å²) in [6, 6.07) is 15.8. The Labute approximate surface area is 174 Å². The second-order valence-electron chi connectivity index (χ2n) is 7.90. The molecule has 5 rings (SSSR count). The van der Waals surface area contributed by atoms with Crippen LogP contribution in [0.3, 0.4) is 0 Å². The van der Waals surface area contributed by atoms with Gasteiger partial charge in [0.1, 0.15) is 0 Å². The highest BCUT2D eigenvalue weighted by molar-refractivity contribution is 6.31. The number of likely N-dealkylation sites (tertiary alicyclic amines) is 1. The summed E-state index contributed by atoms with van der Waals surface area (Å²) < 4.78 is 0. The van der Waals surface area contributed by atoms with E-state index in [1.807, 2.05) is 41.3 Å². The molecule has 2 aliphatic rings. The van der Waals surface area contributed by atoms with Crippen molar-refractivity contribution in [3.05, 3.63) is 70.4 Å². The molecule has 3 heterocycles. The summed E-state index contributed by atoms with van der Waals surface area (Å²) in [5.41, 5.74) is 4.46. The van der Waals surface area contributed by atoms with Crippen molar-refractivity contribution in [2.45, 2.75) is 25.9 Å². The molecule has 148 valence electrons. The molecule has 1 fully saturated rings. The van der Waals surface area contributed by atoms with Gasteiger partial charge in [-0.05, 0) is 17.7 Å². The maximum absolute atomic E-state index is 13.2. The zero-order valence-corrected chi connectivity index (χ0v) is 16.8. The molecule has 1 N–H and O–H groups in total. The van der Waals surface area contributed by atoms with Crippen LogP contribution < -0.4 is 0 Å². The summed E-state index contributed by atoms with van der Waals surface area (Å²) in [7, 11) is 0. The van der Waals surface area contributed by atoms with Crippen molar-refractivity contribution in [3.63, 3.8) is 0 Å². The van der Waals surface area contributed by atoms with E-state index in [1.54, 1.807) is 4.90 Å². The van der Waals surface area contributed by atoms with Gasteiger partial charge in [-0.3, -0.25) is 9.59 Å². The number of amides is 2. The lowest BCUT2D eigenvalue weighted by Crippen LogP contribution is -2.40. The molecule has 2 aliphatic heterocycles. The highest BCUT2D eigenvalue weighted by atomic mass is 35.5. The summed E-state index contributed by atoms with van der Waals surface area (Å²) in [6.45, 7) is 2.20. The fourth-order valence-corrected chi connectivity index (χ4v) is 4.73. The maximum Gasteiger partial charge on any atom is 0.228 e. The Morgan fingerprint density at radius 3 is 2.79 bits per heavy atom. The maximum atomic E-state index is 13.2. The minimum absolute atomic E-state index is 0.0214. The standard InChI is InChI=1S/C23H22ClN3O2/c24-19-7-3-1-5-15(19)12-27-13-16(11-22(27)28)23(29)26-10-9-21-18(14-26)17-6-2-4-8-20(17)25-21/h1-8,16,25H,9-14H2/t16-/m1/s1. The third kappa shape index (κ3) is 3.29. The zero-order valence-electron chi connectivity index (χ0n) is 16.0. The molecule has 0 radical (unpaired) electrons.